The second kappa shape index (κ2) is 8.65. The van der Waals surface area contributed by atoms with E-state index in [0.717, 1.165) is 47.7 Å². The summed E-state index contributed by atoms with van der Waals surface area (Å²) < 4.78 is 28.1. The normalized spacial score (nSPS) is 15.0. The van der Waals surface area contributed by atoms with E-state index in [9.17, 15) is 13.2 Å². The highest BCUT2D eigenvalue weighted by Gasteiger charge is 2.24. The van der Waals surface area contributed by atoms with E-state index in [-0.39, 0.29) is 16.7 Å². The number of carbonyl (C=O) groups is 1. The zero-order valence-electron chi connectivity index (χ0n) is 15.9. The Hall–Kier alpha value is -1.59. The first-order valence-electron chi connectivity index (χ1n) is 9.32. The number of nitrogens with one attached hydrogen (secondary N) is 1. The molecule has 1 amide bonds. The highest BCUT2D eigenvalue weighted by molar-refractivity contribution is 7.91. The number of amides is 1. The van der Waals surface area contributed by atoms with E-state index in [0.29, 0.717) is 15.6 Å². The Kier molecular flexibility index (Phi) is 6.16. The monoisotopic (exact) mass is 467 g/mol. The van der Waals surface area contributed by atoms with Gasteiger partial charge in [-0.15, -0.1) is 34.0 Å². The third-order valence-electron chi connectivity index (χ3n) is 4.74. The lowest BCUT2D eigenvalue weighted by Gasteiger charge is -2.26. The van der Waals surface area contributed by atoms with Crippen LogP contribution in [0.25, 0.3) is 10.6 Å². The molecule has 0 saturated carbocycles. The second-order valence-corrected chi connectivity index (χ2v) is 11.8. The standard InChI is InChI=1S/C19H21N3O3S4/c1-13-17(19(23)22-7-3-2-4-8-22)28-18(21-13)14-10-16(27-12-14)29(24,25)20-11-15-6-5-9-26-15/h5-6,9-10,12,20H,2-4,7-8,11H2,1H3. The molecule has 4 heterocycles. The average molecular weight is 468 g/mol. The predicted molar refractivity (Wildman–Crippen MR) is 118 cm³/mol. The van der Waals surface area contributed by atoms with Crippen LogP contribution in [0.5, 0.6) is 0 Å². The maximum Gasteiger partial charge on any atom is 0.265 e. The summed E-state index contributed by atoms with van der Waals surface area (Å²) in [5, 5.41) is 4.38. The number of sulfonamides is 1. The molecule has 0 aliphatic carbocycles. The number of likely N-dealkylation sites (tertiary alicyclic amines) is 1. The number of carbonyl (C=O) groups excluding carboxylic acids is 1. The maximum absolute atomic E-state index is 12.8. The molecule has 4 rings (SSSR count). The largest absolute Gasteiger partial charge is 0.338 e. The van der Waals surface area contributed by atoms with Crippen molar-refractivity contribution in [2.24, 2.45) is 0 Å². The molecule has 10 heteroatoms. The van der Waals surface area contributed by atoms with Gasteiger partial charge >= 0.3 is 0 Å². The van der Waals surface area contributed by atoms with Gasteiger partial charge in [-0.05, 0) is 43.7 Å². The molecule has 154 valence electrons. The predicted octanol–water partition coefficient (Wildman–Crippen LogP) is 4.35. The number of aryl methyl sites for hydroxylation is 1. The Balaban J connectivity index is 1.51. The lowest BCUT2D eigenvalue weighted by Crippen LogP contribution is -2.35. The summed E-state index contributed by atoms with van der Waals surface area (Å²) in [4.78, 5) is 20.9. The van der Waals surface area contributed by atoms with Crippen molar-refractivity contribution in [2.45, 2.75) is 36.9 Å². The fraction of sp³-hybridized carbons (Fsp3) is 0.368. The van der Waals surface area contributed by atoms with Crippen LogP contribution in [0, 0.1) is 6.92 Å². The Morgan fingerprint density at radius 2 is 2.03 bits per heavy atom. The van der Waals surface area contributed by atoms with Crippen molar-refractivity contribution in [1.29, 1.82) is 0 Å². The lowest BCUT2D eigenvalue weighted by atomic mass is 10.1. The SMILES string of the molecule is Cc1nc(-c2csc(S(=O)(=O)NCc3cccs3)c2)sc1C(=O)N1CCCCC1. The molecule has 0 atom stereocenters. The lowest BCUT2D eigenvalue weighted by molar-refractivity contribution is 0.0728. The second-order valence-electron chi connectivity index (χ2n) is 6.84. The fourth-order valence-electron chi connectivity index (χ4n) is 3.18. The number of aromatic nitrogens is 1. The van der Waals surface area contributed by atoms with Crippen molar-refractivity contribution in [3.63, 3.8) is 0 Å². The molecular formula is C19H21N3O3S4. The van der Waals surface area contributed by atoms with Crippen LogP contribution in [0.1, 0.15) is 39.5 Å². The molecule has 1 fully saturated rings. The van der Waals surface area contributed by atoms with Crippen LogP contribution in [-0.4, -0.2) is 37.3 Å². The molecule has 0 bridgehead atoms. The summed E-state index contributed by atoms with van der Waals surface area (Å²) in [6, 6.07) is 5.42. The molecule has 29 heavy (non-hydrogen) atoms. The van der Waals surface area contributed by atoms with Crippen LogP contribution in [0.4, 0.5) is 0 Å². The molecular weight excluding hydrogens is 446 g/mol. The minimum atomic E-state index is -3.58. The zero-order valence-corrected chi connectivity index (χ0v) is 19.1. The van der Waals surface area contributed by atoms with Gasteiger partial charge in [-0.1, -0.05) is 6.07 Å². The van der Waals surface area contributed by atoms with Gasteiger partial charge in [0, 0.05) is 35.5 Å². The Labute approximate surface area is 182 Å². The summed E-state index contributed by atoms with van der Waals surface area (Å²) in [5.41, 5.74) is 1.43. The van der Waals surface area contributed by atoms with E-state index in [4.69, 9.17) is 0 Å². The van der Waals surface area contributed by atoms with Crippen molar-refractivity contribution < 1.29 is 13.2 Å². The smallest absolute Gasteiger partial charge is 0.265 e. The van der Waals surface area contributed by atoms with Gasteiger partial charge in [-0.2, -0.15) is 0 Å². The van der Waals surface area contributed by atoms with Gasteiger partial charge < -0.3 is 4.90 Å². The van der Waals surface area contributed by atoms with Crippen LogP contribution in [0.15, 0.2) is 33.2 Å². The number of thiophene rings is 2. The number of thiazole rings is 1. The summed E-state index contributed by atoms with van der Waals surface area (Å²) in [5.74, 6) is 0.0339. The number of piperidine rings is 1. The third-order valence-corrected chi connectivity index (χ3v) is 9.65. The van der Waals surface area contributed by atoms with E-state index >= 15 is 0 Å². The van der Waals surface area contributed by atoms with Gasteiger partial charge in [0.25, 0.3) is 5.91 Å². The molecule has 1 N–H and O–H groups in total. The highest BCUT2D eigenvalue weighted by Crippen LogP contribution is 2.33. The first kappa shape index (κ1) is 20.7. The molecule has 6 nitrogen and oxygen atoms in total. The molecule has 1 aliphatic heterocycles. The minimum absolute atomic E-state index is 0.0339. The number of hydrogen-bond donors (Lipinski definition) is 1. The summed E-state index contributed by atoms with van der Waals surface area (Å²) >= 11 is 4.02. The van der Waals surface area contributed by atoms with Gasteiger partial charge in [0.2, 0.25) is 10.0 Å². The Morgan fingerprint density at radius 1 is 1.24 bits per heavy atom. The molecule has 0 aromatic carbocycles. The Morgan fingerprint density at radius 3 is 2.76 bits per heavy atom. The highest BCUT2D eigenvalue weighted by atomic mass is 32.2. The molecule has 0 unspecified atom stereocenters. The number of nitrogens with zero attached hydrogens (tertiary/aromatic N) is 2. The van der Waals surface area contributed by atoms with Crippen molar-refractivity contribution in [3.05, 3.63) is 44.4 Å². The molecule has 3 aromatic rings. The molecule has 1 aliphatic rings. The minimum Gasteiger partial charge on any atom is -0.338 e. The topological polar surface area (TPSA) is 79.4 Å². The van der Waals surface area contributed by atoms with E-state index in [2.05, 4.69) is 9.71 Å². The van der Waals surface area contributed by atoms with Crippen LogP contribution in [-0.2, 0) is 16.6 Å². The molecule has 0 spiro atoms. The summed E-state index contributed by atoms with van der Waals surface area (Å²) in [6.45, 7) is 3.70. The van der Waals surface area contributed by atoms with E-state index in [1.54, 1.807) is 11.4 Å². The van der Waals surface area contributed by atoms with Gasteiger partial charge in [-0.25, -0.2) is 18.1 Å². The number of hydrogen-bond acceptors (Lipinski definition) is 7. The quantitative estimate of drug-likeness (QED) is 0.585. The van der Waals surface area contributed by atoms with Crippen molar-refractivity contribution >= 4 is 49.9 Å². The van der Waals surface area contributed by atoms with Crippen molar-refractivity contribution in [3.8, 4) is 10.6 Å². The Bertz CT molecular complexity index is 1090. The molecule has 0 radical (unpaired) electrons. The van der Waals surface area contributed by atoms with Crippen LogP contribution >= 0.6 is 34.0 Å². The zero-order chi connectivity index (χ0) is 20.4. The van der Waals surface area contributed by atoms with E-state index < -0.39 is 10.0 Å². The van der Waals surface area contributed by atoms with Crippen molar-refractivity contribution in [2.75, 3.05) is 13.1 Å². The molecule has 1 saturated heterocycles. The average Bonchev–Trinajstić information content (AvgIpc) is 3.47. The van der Waals surface area contributed by atoms with Crippen LogP contribution in [0.3, 0.4) is 0 Å². The van der Waals surface area contributed by atoms with Crippen LogP contribution in [0.2, 0.25) is 0 Å². The first-order valence-corrected chi connectivity index (χ1v) is 13.4. The van der Waals surface area contributed by atoms with Gasteiger partial charge in [0.15, 0.2) is 0 Å². The number of rotatable bonds is 6. The van der Waals surface area contributed by atoms with Gasteiger partial charge in [-0.3, -0.25) is 4.79 Å². The van der Waals surface area contributed by atoms with Gasteiger partial charge in [0.05, 0.1) is 5.69 Å². The van der Waals surface area contributed by atoms with Gasteiger partial charge in [0.1, 0.15) is 14.1 Å². The first-order chi connectivity index (χ1) is 13.9. The fourth-order valence-corrected chi connectivity index (χ4v) is 7.23. The third kappa shape index (κ3) is 4.61. The van der Waals surface area contributed by atoms with Crippen molar-refractivity contribution in [1.82, 2.24) is 14.6 Å². The summed E-state index contributed by atoms with van der Waals surface area (Å²) in [7, 11) is -3.58. The van der Waals surface area contributed by atoms with E-state index in [1.165, 1.54) is 29.1 Å². The maximum atomic E-state index is 12.8. The van der Waals surface area contributed by atoms with Crippen LogP contribution < -0.4 is 4.72 Å². The van der Waals surface area contributed by atoms with E-state index in [1.807, 2.05) is 29.3 Å². The summed E-state index contributed by atoms with van der Waals surface area (Å²) in [6.07, 6.45) is 3.25. The molecule has 3 aromatic heterocycles.